The molecule has 2 atom stereocenters. The number of anilines is 1. The molecule has 0 radical (unpaired) electrons. The number of carbonyl (C=O) groups is 4. The number of nitrogens with zero attached hydrogens (tertiary/aromatic N) is 2. The van der Waals surface area contributed by atoms with Crippen LogP contribution >= 0.6 is 0 Å². The van der Waals surface area contributed by atoms with E-state index in [4.69, 9.17) is 10.5 Å². The van der Waals surface area contributed by atoms with Gasteiger partial charge in [0.1, 0.15) is 23.5 Å². The maximum Gasteiger partial charge on any atom is 0.408 e. The second-order valence-corrected chi connectivity index (χ2v) is 7.46. The number of hydrogen-bond donors (Lipinski definition) is 3. The summed E-state index contributed by atoms with van der Waals surface area (Å²) in [6, 6.07) is 0.978. The highest BCUT2D eigenvalue weighted by molar-refractivity contribution is 6.04. The fourth-order valence-corrected chi connectivity index (χ4v) is 2.87. The van der Waals surface area contributed by atoms with Crippen molar-refractivity contribution in [2.75, 3.05) is 4.90 Å². The summed E-state index contributed by atoms with van der Waals surface area (Å²) >= 11 is 0. The van der Waals surface area contributed by atoms with Crippen LogP contribution in [0.1, 0.15) is 39.2 Å². The van der Waals surface area contributed by atoms with Gasteiger partial charge in [-0.05, 0) is 38.8 Å². The van der Waals surface area contributed by atoms with Crippen molar-refractivity contribution in [3.63, 3.8) is 0 Å². The Morgan fingerprint density at radius 2 is 2.07 bits per heavy atom. The van der Waals surface area contributed by atoms with Gasteiger partial charge >= 0.3 is 12.1 Å². The van der Waals surface area contributed by atoms with Crippen LogP contribution in [0, 0.1) is 0 Å². The van der Waals surface area contributed by atoms with E-state index in [9.17, 15) is 24.3 Å². The van der Waals surface area contributed by atoms with E-state index in [-0.39, 0.29) is 25.1 Å². The van der Waals surface area contributed by atoms with Gasteiger partial charge in [-0.3, -0.25) is 14.5 Å². The first-order valence-electron chi connectivity index (χ1n) is 8.77. The first kappa shape index (κ1) is 21.1. The quantitative estimate of drug-likeness (QED) is 0.640. The SMILES string of the molecule is CC(C)(C)OC(=O)NC(CCC(N)=O)C(=O)N1c2ncccc2CC1C(=O)O. The lowest BCUT2D eigenvalue weighted by Gasteiger charge is -2.28. The van der Waals surface area contributed by atoms with Gasteiger partial charge in [0.15, 0.2) is 0 Å². The molecule has 4 N–H and O–H groups in total. The van der Waals surface area contributed by atoms with Gasteiger partial charge in [0, 0.05) is 19.0 Å². The number of nitrogens with one attached hydrogen (secondary N) is 1. The number of aliphatic carboxylic acids is 1. The Morgan fingerprint density at radius 1 is 1.39 bits per heavy atom. The zero-order valence-electron chi connectivity index (χ0n) is 16.0. The molecule has 1 aliphatic rings. The molecule has 10 heteroatoms. The van der Waals surface area contributed by atoms with E-state index in [1.54, 1.807) is 32.9 Å². The van der Waals surface area contributed by atoms with Gasteiger partial charge in [-0.25, -0.2) is 14.6 Å². The highest BCUT2D eigenvalue weighted by Crippen LogP contribution is 2.31. The Bertz CT molecular complexity index is 789. The minimum Gasteiger partial charge on any atom is -0.480 e. The predicted octanol–water partition coefficient (Wildman–Crippen LogP) is 0.583. The molecular weight excluding hydrogens is 368 g/mol. The lowest BCUT2D eigenvalue weighted by molar-refractivity contribution is -0.140. The van der Waals surface area contributed by atoms with Crippen molar-refractivity contribution < 1.29 is 29.0 Å². The summed E-state index contributed by atoms with van der Waals surface area (Å²) in [7, 11) is 0. The fourth-order valence-electron chi connectivity index (χ4n) is 2.87. The molecule has 1 aromatic heterocycles. The number of pyridine rings is 1. The third-order valence-electron chi connectivity index (χ3n) is 4.01. The molecule has 152 valence electrons. The normalized spacial score (nSPS) is 16.8. The van der Waals surface area contributed by atoms with Gasteiger partial charge in [0.2, 0.25) is 5.91 Å². The lowest BCUT2D eigenvalue weighted by Crippen LogP contribution is -2.54. The number of carboxylic acid groups (broad SMARTS) is 1. The summed E-state index contributed by atoms with van der Waals surface area (Å²) in [4.78, 5) is 53.3. The number of aromatic nitrogens is 1. The molecule has 0 aliphatic carbocycles. The van der Waals surface area contributed by atoms with Crippen LogP contribution in [0.4, 0.5) is 10.6 Å². The van der Waals surface area contributed by atoms with Crippen LogP contribution in [-0.4, -0.2) is 51.7 Å². The lowest BCUT2D eigenvalue weighted by atomic mass is 10.1. The molecule has 1 aromatic rings. The Hall–Kier alpha value is -3.17. The fraction of sp³-hybridized carbons (Fsp3) is 0.500. The third-order valence-corrected chi connectivity index (χ3v) is 4.01. The van der Waals surface area contributed by atoms with E-state index in [2.05, 4.69) is 10.3 Å². The Balaban J connectivity index is 2.30. The third kappa shape index (κ3) is 5.18. The molecule has 28 heavy (non-hydrogen) atoms. The second-order valence-electron chi connectivity index (χ2n) is 7.46. The van der Waals surface area contributed by atoms with Crippen molar-refractivity contribution >= 4 is 29.7 Å². The largest absolute Gasteiger partial charge is 0.480 e. The first-order valence-corrected chi connectivity index (χ1v) is 8.77. The maximum absolute atomic E-state index is 13.1. The average Bonchev–Trinajstić information content (AvgIpc) is 2.96. The number of nitrogens with two attached hydrogens (primary N) is 1. The number of fused-ring (bicyclic) bond motifs is 1. The number of primary amides is 1. The zero-order valence-corrected chi connectivity index (χ0v) is 16.0. The molecule has 0 spiro atoms. The Labute approximate surface area is 162 Å². The standard InChI is InChI=1S/C18H24N4O6/c1-18(2,3)28-17(27)21-11(6-7-13(19)23)15(24)22-12(16(25)26)9-10-5-4-8-20-14(10)22/h4-5,8,11-12H,6-7,9H2,1-3H3,(H2,19,23)(H,21,27)(H,25,26). The van der Waals surface area contributed by atoms with Crippen molar-refractivity contribution in [1.29, 1.82) is 0 Å². The highest BCUT2D eigenvalue weighted by atomic mass is 16.6. The minimum atomic E-state index is -1.20. The summed E-state index contributed by atoms with van der Waals surface area (Å²) in [5, 5.41) is 11.9. The van der Waals surface area contributed by atoms with Crippen LogP contribution in [0.15, 0.2) is 18.3 Å². The van der Waals surface area contributed by atoms with Crippen molar-refractivity contribution in [2.24, 2.45) is 5.73 Å². The summed E-state index contributed by atoms with van der Waals surface area (Å²) in [6.07, 6.45) is 0.413. The number of amides is 3. The number of alkyl carbamates (subject to hydrolysis) is 1. The smallest absolute Gasteiger partial charge is 0.408 e. The van der Waals surface area contributed by atoms with Gasteiger partial charge in [-0.1, -0.05) is 6.07 Å². The van der Waals surface area contributed by atoms with Crippen LogP contribution in [0.25, 0.3) is 0 Å². The maximum atomic E-state index is 13.1. The molecule has 10 nitrogen and oxygen atoms in total. The average molecular weight is 392 g/mol. The molecule has 2 unspecified atom stereocenters. The molecular formula is C18H24N4O6. The summed E-state index contributed by atoms with van der Waals surface area (Å²) in [6.45, 7) is 4.98. The number of ether oxygens (including phenoxy) is 1. The van der Waals surface area contributed by atoms with E-state index in [0.29, 0.717) is 5.56 Å². The topological polar surface area (TPSA) is 152 Å². The van der Waals surface area contributed by atoms with Gasteiger partial charge in [0.25, 0.3) is 5.91 Å². The second kappa shape index (κ2) is 8.24. The predicted molar refractivity (Wildman–Crippen MR) is 98.4 cm³/mol. The van der Waals surface area contributed by atoms with Crippen LogP contribution in [0.5, 0.6) is 0 Å². The van der Waals surface area contributed by atoms with E-state index >= 15 is 0 Å². The number of rotatable bonds is 6. The molecule has 0 saturated heterocycles. The molecule has 0 saturated carbocycles. The molecule has 2 rings (SSSR count). The van der Waals surface area contributed by atoms with Crippen molar-refractivity contribution in [3.05, 3.63) is 23.9 Å². The zero-order chi connectivity index (χ0) is 21.1. The van der Waals surface area contributed by atoms with E-state index in [1.807, 2.05) is 0 Å². The molecule has 2 heterocycles. The van der Waals surface area contributed by atoms with E-state index in [0.717, 1.165) is 4.90 Å². The number of hydrogen-bond acceptors (Lipinski definition) is 6. The van der Waals surface area contributed by atoms with Crippen LogP contribution in [0.3, 0.4) is 0 Å². The van der Waals surface area contributed by atoms with Crippen molar-refractivity contribution in [3.8, 4) is 0 Å². The van der Waals surface area contributed by atoms with Crippen LogP contribution < -0.4 is 16.0 Å². The monoisotopic (exact) mass is 392 g/mol. The molecule has 1 aliphatic heterocycles. The van der Waals surface area contributed by atoms with Crippen molar-refractivity contribution in [1.82, 2.24) is 10.3 Å². The number of carbonyl (C=O) groups excluding carboxylic acids is 3. The molecule has 0 bridgehead atoms. The summed E-state index contributed by atoms with van der Waals surface area (Å²) in [5.41, 5.74) is 4.97. The molecule has 0 fully saturated rings. The minimum absolute atomic E-state index is 0.0965. The Kier molecular flexibility index (Phi) is 6.22. The van der Waals surface area contributed by atoms with Gasteiger partial charge in [-0.15, -0.1) is 0 Å². The van der Waals surface area contributed by atoms with Crippen LogP contribution in [-0.2, 0) is 25.5 Å². The van der Waals surface area contributed by atoms with E-state index < -0.39 is 41.6 Å². The number of carboxylic acids is 1. The Morgan fingerprint density at radius 3 is 2.64 bits per heavy atom. The van der Waals surface area contributed by atoms with Crippen molar-refractivity contribution in [2.45, 2.75) is 57.7 Å². The molecule has 3 amide bonds. The van der Waals surface area contributed by atoms with Gasteiger partial charge < -0.3 is 20.9 Å². The summed E-state index contributed by atoms with van der Waals surface area (Å²) < 4.78 is 5.16. The van der Waals surface area contributed by atoms with E-state index in [1.165, 1.54) is 6.20 Å². The molecule has 0 aromatic carbocycles. The van der Waals surface area contributed by atoms with Gasteiger partial charge in [-0.2, -0.15) is 0 Å². The summed E-state index contributed by atoms with van der Waals surface area (Å²) in [5.74, 6) is -2.33. The van der Waals surface area contributed by atoms with Gasteiger partial charge in [0.05, 0.1) is 0 Å². The van der Waals surface area contributed by atoms with Crippen LogP contribution in [0.2, 0.25) is 0 Å². The highest BCUT2D eigenvalue weighted by Gasteiger charge is 2.42. The first-order chi connectivity index (χ1) is 13.0.